The Balaban J connectivity index is 1.89. The Kier molecular flexibility index (Phi) is 3.89. The van der Waals surface area contributed by atoms with Crippen LogP contribution in [0.2, 0.25) is 0 Å². The zero-order valence-corrected chi connectivity index (χ0v) is 12.4. The van der Waals surface area contributed by atoms with Gasteiger partial charge in [-0.25, -0.2) is 9.07 Å². The first-order valence-corrected chi connectivity index (χ1v) is 7.05. The van der Waals surface area contributed by atoms with Crippen molar-refractivity contribution >= 4 is 22.4 Å². The quantitative estimate of drug-likeness (QED) is 0.807. The van der Waals surface area contributed by atoms with E-state index in [1.165, 1.54) is 28.9 Å². The normalized spacial score (nSPS) is 10.7. The van der Waals surface area contributed by atoms with Gasteiger partial charge in [0.1, 0.15) is 5.82 Å². The van der Waals surface area contributed by atoms with Gasteiger partial charge < -0.3 is 5.32 Å². The van der Waals surface area contributed by atoms with Crippen LogP contribution in [0.3, 0.4) is 0 Å². The van der Waals surface area contributed by atoms with Gasteiger partial charge in [0.05, 0.1) is 17.5 Å². The summed E-state index contributed by atoms with van der Waals surface area (Å²) in [7, 11) is 1.55. The lowest BCUT2D eigenvalue weighted by Crippen LogP contribution is -2.24. The molecule has 0 saturated heterocycles. The predicted octanol–water partition coefficient (Wildman–Crippen LogP) is 2.25. The smallest absolute Gasteiger partial charge is 0.274 e. The van der Waals surface area contributed by atoms with Gasteiger partial charge in [-0.1, -0.05) is 18.2 Å². The maximum absolute atomic E-state index is 12.9. The number of hydrogen-bond donors (Lipinski definition) is 1. The first kappa shape index (κ1) is 14.9. The van der Waals surface area contributed by atoms with Crippen LogP contribution in [0.15, 0.2) is 53.3 Å². The number of hydrogen-bond acceptors (Lipinski definition) is 3. The summed E-state index contributed by atoms with van der Waals surface area (Å²) in [5, 5.41) is 8.04. The van der Waals surface area contributed by atoms with E-state index in [0.717, 1.165) is 0 Å². The van der Waals surface area contributed by atoms with Crippen molar-refractivity contribution in [2.45, 2.75) is 6.42 Å². The van der Waals surface area contributed by atoms with Crippen LogP contribution in [0, 0.1) is 5.82 Å². The van der Waals surface area contributed by atoms with Crippen molar-refractivity contribution in [3.05, 3.63) is 70.4 Å². The molecule has 1 aromatic heterocycles. The molecule has 23 heavy (non-hydrogen) atoms. The van der Waals surface area contributed by atoms with Crippen LogP contribution < -0.4 is 10.9 Å². The molecule has 3 rings (SSSR count). The third-order valence-electron chi connectivity index (χ3n) is 3.49. The molecule has 0 atom stereocenters. The number of aryl methyl sites for hydroxylation is 1. The molecule has 1 heterocycles. The van der Waals surface area contributed by atoms with Crippen molar-refractivity contribution in [1.29, 1.82) is 0 Å². The highest BCUT2D eigenvalue weighted by Gasteiger charge is 2.12. The minimum absolute atomic E-state index is 0.0199. The fourth-order valence-corrected chi connectivity index (χ4v) is 2.40. The van der Waals surface area contributed by atoms with Gasteiger partial charge >= 0.3 is 0 Å². The van der Waals surface area contributed by atoms with E-state index in [9.17, 15) is 14.0 Å². The standard InChI is InChI=1S/C17H14FN3O2/c1-21-17(23)14-5-3-2-4-13(14)15(20-21)10-16(22)19-12-8-6-11(18)7-9-12/h2-9H,10H2,1H3,(H,19,22). The van der Waals surface area contributed by atoms with Crippen LogP contribution >= 0.6 is 0 Å². The number of carbonyl (C=O) groups excluding carboxylic acids is 1. The van der Waals surface area contributed by atoms with Gasteiger partial charge in [0.2, 0.25) is 5.91 Å². The number of benzene rings is 2. The Morgan fingerprint density at radius 1 is 1.13 bits per heavy atom. The fraction of sp³-hybridized carbons (Fsp3) is 0.118. The van der Waals surface area contributed by atoms with Crippen LogP contribution in [-0.4, -0.2) is 15.7 Å². The minimum Gasteiger partial charge on any atom is -0.326 e. The third kappa shape index (κ3) is 3.11. The molecule has 0 aliphatic rings. The summed E-state index contributed by atoms with van der Waals surface area (Å²) in [6.07, 6.45) is 0.0199. The topological polar surface area (TPSA) is 64.0 Å². The number of rotatable bonds is 3. The Labute approximate surface area is 131 Å². The summed E-state index contributed by atoms with van der Waals surface area (Å²) < 4.78 is 14.1. The summed E-state index contributed by atoms with van der Waals surface area (Å²) in [5.41, 5.74) is 0.816. The molecular weight excluding hydrogens is 297 g/mol. The number of halogens is 1. The number of fused-ring (bicyclic) bond motifs is 1. The lowest BCUT2D eigenvalue weighted by molar-refractivity contribution is -0.115. The predicted molar refractivity (Wildman–Crippen MR) is 85.7 cm³/mol. The van der Waals surface area contributed by atoms with Gasteiger partial charge in [0.15, 0.2) is 0 Å². The van der Waals surface area contributed by atoms with Crippen molar-refractivity contribution < 1.29 is 9.18 Å². The molecule has 0 spiro atoms. The van der Waals surface area contributed by atoms with E-state index >= 15 is 0 Å². The third-order valence-corrected chi connectivity index (χ3v) is 3.49. The van der Waals surface area contributed by atoms with Crippen LogP contribution in [0.5, 0.6) is 0 Å². The molecule has 5 nitrogen and oxygen atoms in total. The molecule has 1 amide bonds. The fourth-order valence-electron chi connectivity index (χ4n) is 2.40. The van der Waals surface area contributed by atoms with Crippen molar-refractivity contribution in [2.24, 2.45) is 7.05 Å². The highest BCUT2D eigenvalue weighted by atomic mass is 19.1. The molecule has 0 aliphatic carbocycles. The zero-order chi connectivity index (χ0) is 16.4. The molecule has 3 aromatic rings. The number of carbonyl (C=O) groups is 1. The number of nitrogens with one attached hydrogen (secondary N) is 1. The number of nitrogens with zero attached hydrogens (tertiary/aromatic N) is 2. The molecule has 0 fully saturated rings. The molecule has 0 aliphatic heterocycles. The van der Waals surface area contributed by atoms with Gasteiger partial charge in [0.25, 0.3) is 5.56 Å². The van der Waals surface area contributed by atoms with Gasteiger partial charge in [-0.05, 0) is 30.3 Å². The summed E-state index contributed by atoms with van der Waals surface area (Å²) in [4.78, 5) is 24.2. The summed E-state index contributed by atoms with van der Waals surface area (Å²) in [5.74, 6) is -0.651. The van der Waals surface area contributed by atoms with E-state index in [4.69, 9.17) is 0 Å². The maximum atomic E-state index is 12.9. The van der Waals surface area contributed by atoms with E-state index in [1.807, 2.05) is 0 Å². The number of amides is 1. The van der Waals surface area contributed by atoms with Crippen LogP contribution in [0.25, 0.3) is 10.8 Å². The lowest BCUT2D eigenvalue weighted by atomic mass is 10.1. The Hall–Kier alpha value is -3.02. The maximum Gasteiger partial charge on any atom is 0.274 e. The molecule has 0 bridgehead atoms. The molecule has 2 aromatic carbocycles. The van der Waals surface area contributed by atoms with E-state index in [0.29, 0.717) is 22.2 Å². The number of anilines is 1. The van der Waals surface area contributed by atoms with Gasteiger partial charge in [-0.15, -0.1) is 0 Å². The highest BCUT2D eigenvalue weighted by Crippen LogP contribution is 2.15. The van der Waals surface area contributed by atoms with E-state index in [-0.39, 0.29) is 23.7 Å². The molecule has 0 radical (unpaired) electrons. The summed E-state index contributed by atoms with van der Waals surface area (Å²) in [6, 6.07) is 12.6. The Morgan fingerprint density at radius 3 is 2.48 bits per heavy atom. The van der Waals surface area contributed by atoms with Crippen LogP contribution in [0.4, 0.5) is 10.1 Å². The summed E-state index contributed by atoms with van der Waals surface area (Å²) >= 11 is 0. The molecular formula is C17H14FN3O2. The average molecular weight is 311 g/mol. The first-order valence-electron chi connectivity index (χ1n) is 7.05. The summed E-state index contributed by atoms with van der Waals surface area (Å²) in [6.45, 7) is 0. The second kappa shape index (κ2) is 6.00. The Bertz CT molecular complexity index is 933. The number of aromatic nitrogens is 2. The largest absolute Gasteiger partial charge is 0.326 e. The minimum atomic E-state index is -0.367. The molecule has 0 saturated carbocycles. The van der Waals surface area contributed by atoms with Crippen molar-refractivity contribution in [3.63, 3.8) is 0 Å². The lowest BCUT2D eigenvalue weighted by Gasteiger charge is -2.09. The average Bonchev–Trinajstić information content (AvgIpc) is 2.54. The second-order valence-electron chi connectivity index (χ2n) is 5.15. The molecule has 6 heteroatoms. The van der Waals surface area contributed by atoms with Crippen molar-refractivity contribution in [3.8, 4) is 0 Å². The van der Waals surface area contributed by atoms with E-state index in [1.54, 1.807) is 31.3 Å². The zero-order valence-electron chi connectivity index (χ0n) is 12.4. The molecule has 1 N–H and O–H groups in total. The van der Waals surface area contributed by atoms with Gasteiger partial charge in [-0.3, -0.25) is 9.59 Å². The van der Waals surface area contributed by atoms with Crippen LogP contribution in [-0.2, 0) is 18.3 Å². The van der Waals surface area contributed by atoms with Gasteiger partial charge in [0, 0.05) is 18.1 Å². The first-order chi connectivity index (χ1) is 11.0. The van der Waals surface area contributed by atoms with Gasteiger partial charge in [-0.2, -0.15) is 5.10 Å². The highest BCUT2D eigenvalue weighted by molar-refractivity contribution is 5.95. The van der Waals surface area contributed by atoms with Crippen LogP contribution in [0.1, 0.15) is 5.69 Å². The van der Waals surface area contributed by atoms with Crippen molar-refractivity contribution in [1.82, 2.24) is 9.78 Å². The second-order valence-corrected chi connectivity index (χ2v) is 5.15. The molecule has 116 valence electrons. The SMILES string of the molecule is Cn1nc(CC(=O)Nc2ccc(F)cc2)c2ccccc2c1=O. The Morgan fingerprint density at radius 2 is 1.78 bits per heavy atom. The molecule has 0 unspecified atom stereocenters. The van der Waals surface area contributed by atoms with Crippen molar-refractivity contribution in [2.75, 3.05) is 5.32 Å². The van der Waals surface area contributed by atoms with E-state index in [2.05, 4.69) is 10.4 Å². The van der Waals surface area contributed by atoms with E-state index < -0.39 is 0 Å². The monoisotopic (exact) mass is 311 g/mol.